The van der Waals surface area contributed by atoms with E-state index in [4.69, 9.17) is 4.74 Å². The quantitative estimate of drug-likeness (QED) is 0.848. The van der Waals surface area contributed by atoms with E-state index in [1.54, 1.807) is 30.3 Å². The van der Waals surface area contributed by atoms with E-state index < -0.39 is 6.09 Å². The number of ether oxygens (including phenoxy) is 2. The maximum absolute atomic E-state index is 12.9. The SMILES string of the molecule is COC(=O)N=Nc1ccc(Nc2ccc(F)cc2)cc1OC. The molecule has 0 aliphatic rings. The van der Waals surface area contributed by atoms with Gasteiger partial charge >= 0.3 is 6.09 Å². The fraction of sp³-hybridized carbons (Fsp3) is 0.133. The highest BCUT2D eigenvalue weighted by molar-refractivity contribution is 5.69. The van der Waals surface area contributed by atoms with Crippen molar-refractivity contribution in [3.8, 4) is 5.75 Å². The normalized spacial score (nSPS) is 10.5. The van der Waals surface area contributed by atoms with E-state index >= 15 is 0 Å². The fourth-order valence-electron chi connectivity index (χ4n) is 1.67. The molecule has 0 saturated heterocycles. The summed E-state index contributed by atoms with van der Waals surface area (Å²) < 4.78 is 22.4. The summed E-state index contributed by atoms with van der Waals surface area (Å²) in [4.78, 5) is 11.0. The molecule has 0 bridgehead atoms. The third-order valence-corrected chi connectivity index (χ3v) is 2.73. The van der Waals surface area contributed by atoms with Crippen molar-refractivity contribution >= 4 is 23.2 Å². The second-order valence-electron chi connectivity index (χ2n) is 4.19. The lowest BCUT2D eigenvalue weighted by Crippen LogP contribution is -1.93. The van der Waals surface area contributed by atoms with Gasteiger partial charge < -0.3 is 14.8 Å². The second kappa shape index (κ2) is 7.16. The summed E-state index contributed by atoms with van der Waals surface area (Å²) in [5, 5.41) is 10.2. The van der Waals surface area contributed by atoms with Crippen LogP contribution in [0.1, 0.15) is 0 Å². The molecule has 1 amide bonds. The first kappa shape index (κ1) is 15.4. The molecule has 2 aromatic carbocycles. The van der Waals surface area contributed by atoms with Crippen LogP contribution in [0, 0.1) is 5.82 Å². The number of methoxy groups -OCH3 is 2. The number of halogens is 1. The highest BCUT2D eigenvalue weighted by Crippen LogP contribution is 2.32. The lowest BCUT2D eigenvalue weighted by Gasteiger charge is -2.09. The Bertz CT molecular complexity index is 687. The first-order chi connectivity index (χ1) is 10.6. The van der Waals surface area contributed by atoms with Crippen LogP contribution in [0.2, 0.25) is 0 Å². The van der Waals surface area contributed by atoms with Gasteiger partial charge in [-0.05, 0) is 36.4 Å². The number of carbonyl (C=O) groups excluding carboxylic acids is 1. The zero-order valence-corrected chi connectivity index (χ0v) is 12.0. The molecule has 7 heteroatoms. The van der Waals surface area contributed by atoms with Gasteiger partial charge in [-0.2, -0.15) is 0 Å². The van der Waals surface area contributed by atoms with Gasteiger partial charge in [0.1, 0.15) is 17.3 Å². The predicted octanol–water partition coefficient (Wildman–Crippen LogP) is 4.43. The van der Waals surface area contributed by atoms with E-state index in [1.165, 1.54) is 26.4 Å². The third kappa shape index (κ3) is 4.02. The van der Waals surface area contributed by atoms with Gasteiger partial charge in [-0.15, -0.1) is 5.11 Å². The Morgan fingerprint density at radius 1 is 1.09 bits per heavy atom. The molecule has 2 aromatic rings. The van der Waals surface area contributed by atoms with Crippen LogP contribution in [0.3, 0.4) is 0 Å². The van der Waals surface area contributed by atoms with Gasteiger partial charge in [0.25, 0.3) is 0 Å². The number of azo groups is 1. The number of nitrogens with one attached hydrogen (secondary N) is 1. The molecule has 0 aromatic heterocycles. The largest absolute Gasteiger partial charge is 0.494 e. The Labute approximate surface area is 126 Å². The molecule has 0 atom stereocenters. The minimum Gasteiger partial charge on any atom is -0.494 e. The standard InChI is InChI=1S/C15H14FN3O3/c1-21-14-9-12(17-11-5-3-10(16)4-6-11)7-8-13(14)18-19-15(20)22-2/h3-9,17H,1-2H3. The smallest absolute Gasteiger partial charge is 0.452 e. The summed E-state index contributed by atoms with van der Waals surface area (Å²) >= 11 is 0. The van der Waals surface area contributed by atoms with Gasteiger partial charge in [-0.1, -0.05) is 5.11 Å². The van der Waals surface area contributed by atoms with Gasteiger partial charge in [-0.3, -0.25) is 0 Å². The average molecular weight is 303 g/mol. The average Bonchev–Trinajstić information content (AvgIpc) is 2.55. The predicted molar refractivity (Wildman–Crippen MR) is 79.6 cm³/mol. The van der Waals surface area contributed by atoms with Crippen LogP contribution in [0.4, 0.5) is 26.2 Å². The molecule has 0 radical (unpaired) electrons. The van der Waals surface area contributed by atoms with E-state index in [2.05, 4.69) is 20.3 Å². The van der Waals surface area contributed by atoms with Crippen LogP contribution >= 0.6 is 0 Å². The molecule has 0 aliphatic heterocycles. The maximum atomic E-state index is 12.9. The van der Waals surface area contributed by atoms with Crippen molar-refractivity contribution in [1.82, 2.24) is 0 Å². The number of anilines is 2. The van der Waals surface area contributed by atoms with Crippen molar-refractivity contribution in [3.63, 3.8) is 0 Å². The molecule has 0 spiro atoms. The first-order valence-corrected chi connectivity index (χ1v) is 6.32. The van der Waals surface area contributed by atoms with E-state index in [0.29, 0.717) is 11.4 Å². The Morgan fingerprint density at radius 2 is 1.77 bits per heavy atom. The number of nitrogens with zero attached hydrogens (tertiary/aromatic N) is 2. The van der Waals surface area contributed by atoms with E-state index in [1.807, 2.05) is 0 Å². The second-order valence-corrected chi connectivity index (χ2v) is 4.19. The van der Waals surface area contributed by atoms with E-state index in [0.717, 1.165) is 11.4 Å². The zero-order valence-electron chi connectivity index (χ0n) is 12.0. The summed E-state index contributed by atoms with van der Waals surface area (Å²) in [6, 6.07) is 11.0. The van der Waals surface area contributed by atoms with Gasteiger partial charge in [0.2, 0.25) is 0 Å². The van der Waals surface area contributed by atoms with Crippen LogP contribution in [0.25, 0.3) is 0 Å². The fourth-order valence-corrected chi connectivity index (χ4v) is 1.67. The molecule has 114 valence electrons. The van der Waals surface area contributed by atoms with Crippen molar-refractivity contribution in [2.24, 2.45) is 10.2 Å². The summed E-state index contributed by atoms with van der Waals surface area (Å²) in [6.45, 7) is 0. The van der Waals surface area contributed by atoms with E-state index in [9.17, 15) is 9.18 Å². The van der Waals surface area contributed by atoms with Gasteiger partial charge in [0.05, 0.1) is 14.2 Å². The molecule has 0 unspecified atom stereocenters. The molecule has 22 heavy (non-hydrogen) atoms. The third-order valence-electron chi connectivity index (χ3n) is 2.73. The van der Waals surface area contributed by atoms with Crippen molar-refractivity contribution < 1.29 is 18.7 Å². The van der Waals surface area contributed by atoms with Crippen LogP contribution < -0.4 is 10.1 Å². The number of carbonyl (C=O) groups is 1. The van der Waals surface area contributed by atoms with Gasteiger partial charge in [-0.25, -0.2) is 9.18 Å². The molecular weight excluding hydrogens is 289 g/mol. The molecule has 6 nitrogen and oxygen atoms in total. The lowest BCUT2D eigenvalue weighted by atomic mass is 10.2. The summed E-state index contributed by atoms with van der Waals surface area (Å²) in [6.07, 6.45) is -0.796. The molecule has 1 N–H and O–H groups in total. The van der Waals surface area contributed by atoms with Crippen LogP contribution in [0.5, 0.6) is 5.75 Å². The van der Waals surface area contributed by atoms with Crippen molar-refractivity contribution in [1.29, 1.82) is 0 Å². The monoisotopic (exact) mass is 303 g/mol. The summed E-state index contributed by atoms with van der Waals surface area (Å²) in [5.74, 6) is 0.126. The highest BCUT2D eigenvalue weighted by Gasteiger charge is 2.05. The minimum absolute atomic E-state index is 0.304. The lowest BCUT2D eigenvalue weighted by molar-refractivity contribution is 0.181. The summed E-state index contributed by atoms with van der Waals surface area (Å²) in [7, 11) is 2.70. The highest BCUT2D eigenvalue weighted by atomic mass is 19.1. The Kier molecular flexibility index (Phi) is 5.02. The maximum Gasteiger partial charge on any atom is 0.452 e. The van der Waals surface area contributed by atoms with E-state index in [-0.39, 0.29) is 5.82 Å². The topological polar surface area (TPSA) is 72.3 Å². The Balaban J connectivity index is 2.19. The van der Waals surface area contributed by atoms with Gasteiger partial charge in [0, 0.05) is 17.4 Å². The van der Waals surface area contributed by atoms with Crippen LogP contribution in [-0.2, 0) is 4.74 Å². The van der Waals surface area contributed by atoms with Crippen molar-refractivity contribution in [2.75, 3.05) is 19.5 Å². The van der Waals surface area contributed by atoms with Crippen molar-refractivity contribution in [2.45, 2.75) is 0 Å². The Hall–Kier alpha value is -2.96. The van der Waals surface area contributed by atoms with Crippen LogP contribution in [-0.4, -0.2) is 20.3 Å². The molecule has 0 fully saturated rings. The number of rotatable bonds is 4. The Morgan fingerprint density at radius 3 is 2.41 bits per heavy atom. The van der Waals surface area contributed by atoms with Crippen molar-refractivity contribution in [3.05, 3.63) is 48.3 Å². The molecule has 0 saturated carbocycles. The number of hydrogen-bond donors (Lipinski definition) is 1. The minimum atomic E-state index is -0.796. The first-order valence-electron chi connectivity index (χ1n) is 6.32. The molecule has 0 aliphatic carbocycles. The number of hydrogen-bond acceptors (Lipinski definition) is 5. The van der Waals surface area contributed by atoms with Gasteiger partial charge in [0.15, 0.2) is 0 Å². The molecule has 0 heterocycles. The summed E-state index contributed by atoms with van der Waals surface area (Å²) in [5.41, 5.74) is 1.84. The van der Waals surface area contributed by atoms with Crippen LogP contribution in [0.15, 0.2) is 52.7 Å². The molecular formula is C15H14FN3O3. The zero-order chi connectivity index (χ0) is 15.9. The molecule has 2 rings (SSSR count). The number of amides is 1. The number of benzene rings is 2.